The summed E-state index contributed by atoms with van der Waals surface area (Å²) in [7, 11) is 0. The molecule has 0 aliphatic carbocycles. The molecular weight excluding hydrogens is 362 g/mol. The molecule has 1 atom stereocenters. The minimum absolute atomic E-state index is 0.0363. The molecule has 1 aliphatic rings. The van der Waals surface area contributed by atoms with Crippen molar-refractivity contribution in [2.45, 2.75) is 39.3 Å². The van der Waals surface area contributed by atoms with Gasteiger partial charge >= 0.3 is 0 Å². The lowest BCUT2D eigenvalue weighted by molar-refractivity contribution is 0.113. The highest BCUT2D eigenvalue weighted by Crippen LogP contribution is 2.18. The maximum atomic E-state index is 12.6. The highest BCUT2D eigenvalue weighted by atomic mass is 32.1. The maximum absolute atomic E-state index is 12.6. The van der Waals surface area contributed by atoms with Crippen LogP contribution >= 0.6 is 12.2 Å². The average molecular weight is 390 g/mol. The number of nitrogens with one attached hydrogen (secondary N) is 2. The summed E-state index contributed by atoms with van der Waals surface area (Å²) < 4.78 is 5.61. The number of aromatic nitrogens is 1. The first-order valence-electron chi connectivity index (χ1n) is 9.36. The largest absolute Gasteiger partial charge is 0.395 e. The summed E-state index contributed by atoms with van der Waals surface area (Å²) in [6, 6.07) is 6.04. The number of aliphatic hydroxyl groups is 1. The Balaban J connectivity index is 1.77. The second-order valence-corrected chi connectivity index (χ2v) is 7.52. The highest BCUT2D eigenvalue weighted by Gasteiger charge is 2.18. The molecule has 3 N–H and O–H groups in total. The Hall–Kier alpha value is -1.96. The number of thiocarbonyl (C=S) groups is 1. The molecule has 1 aromatic heterocycles. The molecule has 2 heterocycles. The van der Waals surface area contributed by atoms with E-state index in [-0.39, 0.29) is 18.3 Å². The van der Waals surface area contributed by atoms with Crippen molar-refractivity contribution < 1.29 is 9.84 Å². The average Bonchev–Trinajstić information content (AvgIpc) is 3.14. The van der Waals surface area contributed by atoms with Crippen LogP contribution in [-0.4, -0.2) is 52.5 Å². The van der Waals surface area contributed by atoms with Gasteiger partial charge in [0, 0.05) is 25.3 Å². The van der Waals surface area contributed by atoms with Crippen molar-refractivity contribution in [1.82, 2.24) is 15.2 Å². The third-order valence-corrected chi connectivity index (χ3v) is 5.30. The first-order chi connectivity index (χ1) is 13.0. The zero-order chi connectivity index (χ0) is 19.4. The van der Waals surface area contributed by atoms with E-state index in [1.54, 1.807) is 0 Å². The Morgan fingerprint density at radius 1 is 1.41 bits per heavy atom. The van der Waals surface area contributed by atoms with E-state index in [0.29, 0.717) is 30.3 Å². The SMILES string of the molecule is Cc1cc(C)c2[nH]c(=O)c(CN(CCO)C(=S)NCC3CCCO3)cc2c1. The van der Waals surface area contributed by atoms with Crippen LogP contribution in [0.3, 0.4) is 0 Å². The summed E-state index contributed by atoms with van der Waals surface area (Å²) in [6.45, 7) is 6.15. The smallest absolute Gasteiger partial charge is 0.253 e. The number of hydrogen-bond acceptors (Lipinski definition) is 4. The minimum Gasteiger partial charge on any atom is -0.395 e. The zero-order valence-electron chi connectivity index (χ0n) is 15.9. The second-order valence-electron chi connectivity index (χ2n) is 7.14. The lowest BCUT2D eigenvalue weighted by atomic mass is 10.1. The molecule has 0 bridgehead atoms. The number of aryl methyl sites for hydroxylation is 2. The molecule has 146 valence electrons. The number of hydrogen-bond donors (Lipinski definition) is 3. The fraction of sp³-hybridized carbons (Fsp3) is 0.500. The Morgan fingerprint density at radius 2 is 2.22 bits per heavy atom. The number of aliphatic hydroxyl groups excluding tert-OH is 1. The Labute approximate surface area is 164 Å². The summed E-state index contributed by atoms with van der Waals surface area (Å²) in [4.78, 5) is 17.4. The van der Waals surface area contributed by atoms with Crippen LogP contribution in [0.15, 0.2) is 23.0 Å². The number of rotatable bonds is 6. The lowest BCUT2D eigenvalue weighted by Gasteiger charge is -2.26. The van der Waals surface area contributed by atoms with Crippen LogP contribution in [0, 0.1) is 13.8 Å². The molecule has 3 rings (SSSR count). The van der Waals surface area contributed by atoms with Crippen LogP contribution in [-0.2, 0) is 11.3 Å². The van der Waals surface area contributed by atoms with Crippen molar-refractivity contribution in [2.24, 2.45) is 0 Å². The minimum atomic E-state index is -0.126. The Kier molecular flexibility index (Phi) is 6.46. The molecule has 1 aromatic carbocycles. The van der Waals surface area contributed by atoms with Crippen molar-refractivity contribution in [3.05, 3.63) is 45.2 Å². The molecule has 0 radical (unpaired) electrons. The molecule has 7 heteroatoms. The van der Waals surface area contributed by atoms with Gasteiger partial charge in [-0.15, -0.1) is 0 Å². The predicted octanol–water partition coefficient (Wildman–Crippen LogP) is 1.99. The first kappa shape index (κ1) is 19.8. The zero-order valence-corrected chi connectivity index (χ0v) is 16.7. The third kappa shape index (κ3) is 4.86. The van der Waals surface area contributed by atoms with Crippen molar-refractivity contribution in [1.29, 1.82) is 0 Å². The van der Waals surface area contributed by atoms with Crippen LogP contribution in [0.4, 0.5) is 0 Å². The summed E-state index contributed by atoms with van der Waals surface area (Å²) in [5.41, 5.74) is 3.57. The summed E-state index contributed by atoms with van der Waals surface area (Å²) >= 11 is 5.49. The van der Waals surface area contributed by atoms with Gasteiger partial charge in [-0.1, -0.05) is 11.6 Å². The van der Waals surface area contributed by atoms with Gasteiger partial charge in [-0.3, -0.25) is 4.79 Å². The molecule has 0 saturated carbocycles. The van der Waals surface area contributed by atoms with Crippen molar-refractivity contribution in [3.63, 3.8) is 0 Å². The van der Waals surface area contributed by atoms with Gasteiger partial charge in [-0.05, 0) is 62.0 Å². The van der Waals surface area contributed by atoms with E-state index in [1.165, 1.54) is 0 Å². The highest BCUT2D eigenvalue weighted by molar-refractivity contribution is 7.80. The quantitative estimate of drug-likeness (QED) is 0.656. The van der Waals surface area contributed by atoms with E-state index in [9.17, 15) is 9.90 Å². The molecule has 1 saturated heterocycles. The number of fused-ring (bicyclic) bond motifs is 1. The summed E-state index contributed by atoms with van der Waals surface area (Å²) in [5.74, 6) is 0. The van der Waals surface area contributed by atoms with Crippen LogP contribution in [0.5, 0.6) is 0 Å². The topological polar surface area (TPSA) is 77.6 Å². The molecule has 6 nitrogen and oxygen atoms in total. The number of H-pyrrole nitrogens is 1. The first-order valence-corrected chi connectivity index (χ1v) is 9.77. The maximum Gasteiger partial charge on any atom is 0.253 e. The van der Waals surface area contributed by atoms with Gasteiger partial charge in [0.2, 0.25) is 0 Å². The van der Waals surface area contributed by atoms with E-state index in [2.05, 4.69) is 22.4 Å². The van der Waals surface area contributed by atoms with Crippen molar-refractivity contribution in [3.8, 4) is 0 Å². The number of aromatic amines is 1. The Bertz CT molecular complexity index is 875. The Morgan fingerprint density at radius 3 is 2.93 bits per heavy atom. The third-order valence-electron chi connectivity index (χ3n) is 4.89. The van der Waals surface area contributed by atoms with Crippen LogP contribution in [0.2, 0.25) is 0 Å². The molecule has 0 spiro atoms. The summed E-state index contributed by atoms with van der Waals surface area (Å²) in [5, 5.41) is 14.2. The fourth-order valence-corrected chi connectivity index (χ4v) is 3.79. The number of benzene rings is 1. The van der Waals surface area contributed by atoms with Gasteiger partial charge in [-0.2, -0.15) is 0 Å². The van der Waals surface area contributed by atoms with Gasteiger partial charge in [0.15, 0.2) is 5.11 Å². The van der Waals surface area contributed by atoms with Gasteiger partial charge in [0.25, 0.3) is 5.56 Å². The van der Waals surface area contributed by atoms with E-state index in [0.717, 1.165) is 41.5 Å². The van der Waals surface area contributed by atoms with Crippen LogP contribution in [0.1, 0.15) is 29.5 Å². The van der Waals surface area contributed by atoms with Gasteiger partial charge in [0.05, 0.1) is 24.8 Å². The number of ether oxygens (including phenoxy) is 1. The summed E-state index contributed by atoms with van der Waals surface area (Å²) in [6.07, 6.45) is 2.28. The van der Waals surface area contributed by atoms with Gasteiger partial charge < -0.3 is 25.0 Å². The molecular formula is C20H27N3O3S. The fourth-order valence-electron chi connectivity index (χ4n) is 3.55. The second kappa shape index (κ2) is 8.82. The molecule has 1 unspecified atom stereocenters. The molecule has 2 aromatic rings. The van der Waals surface area contributed by atoms with E-state index in [4.69, 9.17) is 17.0 Å². The number of pyridine rings is 1. The molecule has 27 heavy (non-hydrogen) atoms. The monoisotopic (exact) mass is 389 g/mol. The van der Waals surface area contributed by atoms with Crippen LogP contribution < -0.4 is 10.9 Å². The van der Waals surface area contributed by atoms with Crippen LogP contribution in [0.25, 0.3) is 10.9 Å². The lowest BCUT2D eigenvalue weighted by Crippen LogP contribution is -2.44. The standard InChI is InChI=1S/C20H27N3O3S/c1-13-8-14(2)18-15(9-13)10-16(19(25)22-18)12-23(5-6-24)20(27)21-11-17-4-3-7-26-17/h8-10,17,24H,3-7,11-12H2,1-2H3,(H,21,27)(H,22,25). The molecule has 1 aliphatic heterocycles. The van der Waals surface area contributed by atoms with Crippen molar-refractivity contribution >= 4 is 28.2 Å². The molecule has 0 amide bonds. The van der Waals surface area contributed by atoms with E-state index in [1.807, 2.05) is 24.8 Å². The predicted molar refractivity (Wildman–Crippen MR) is 111 cm³/mol. The number of nitrogens with zero attached hydrogens (tertiary/aromatic N) is 1. The normalized spacial score (nSPS) is 16.6. The van der Waals surface area contributed by atoms with E-state index < -0.39 is 0 Å². The van der Waals surface area contributed by atoms with Crippen molar-refractivity contribution in [2.75, 3.05) is 26.3 Å². The van der Waals surface area contributed by atoms with E-state index >= 15 is 0 Å². The van der Waals surface area contributed by atoms with Gasteiger partial charge in [-0.25, -0.2) is 0 Å². The van der Waals surface area contributed by atoms with Gasteiger partial charge in [0.1, 0.15) is 0 Å². The molecule has 1 fully saturated rings.